The number of benzene rings is 2. The van der Waals surface area contributed by atoms with Crippen LogP contribution in [0.3, 0.4) is 0 Å². The summed E-state index contributed by atoms with van der Waals surface area (Å²) in [5.74, 6) is -0.801. The number of aliphatic hydroxyl groups excluding tert-OH is 1. The zero-order valence-electron chi connectivity index (χ0n) is 24.1. The average molecular weight is 636 g/mol. The largest absolute Gasteiger partial charge is 0.497 e. The number of allylic oxidation sites excluding steroid dienone is 1. The van der Waals surface area contributed by atoms with Crippen LogP contribution < -0.4 is 15.4 Å². The Morgan fingerprint density at radius 1 is 1.28 bits per heavy atom. The molecule has 14 heteroatoms. The van der Waals surface area contributed by atoms with Gasteiger partial charge in [0.15, 0.2) is 0 Å². The second-order valence-corrected chi connectivity index (χ2v) is 12.6. The van der Waals surface area contributed by atoms with Gasteiger partial charge in [0.1, 0.15) is 17.6 Å². The van der Waals surface area contributed by atoms with E-state index in [4.69, 9.17) is 21.1 Å². The minimum atomic E-state index is -4.10. The van der Waals surface area contributed by atoms with Crippen LogP contribution in [-0.4, -0.2) is 75.4 Å². The molecule has 11 nitrogen and oxygen atoms in total. The molecule has 2 atom stereocenters. The van der Waals surface area contributed by atoms with Crippen LogP contribution in [0.1, 0.15) is 49.4 Å². The predicted molar refractivity (Wildman–Crippen MR) is 162 cm³/mol. The number of hydrogen-bond donors (Lipinski definition) is 3. The third-order valence-corrected chi connectivity index (χ3v) is 9.53. The molecule has 43 heavy (non-hydrogen) atoms. The molecule has 0 aliphatic carbocycles. The minimum absolute atomic E-state index is 0.00796. The Kier molecular flexibility index (Phi) is 10.6. The second kappa shape index (κ2) is 14.0. The van der Waals surface area contributed by atoms with Crippen molar-refractivity contribution in [3.63, 3.8) is 0 Å². The van der Waals surface area contributed by atoms with E-state index in [9.17, 15) is 22.7 Å². The molecule has 1 amide bonds. The van der Waals surface area contributed by atoms with Crippen molar-refractivity contribution in [1.29, 1.82) is 0 Å². The Balaban J connectivity index is 1.54. The molecule has 3 N–H and O–H groups in total. The predicted octanol–water partition coefficient (Wildman–Crippen LogP) is 3.33. The lowest BCUT2D eigenvalue weighted by Crippen LogP contribution is -2.46. The van der Waals surface area contributed by atoms with E-state index in [1.165, 1.54) is 32.2 Å². The number of guanidine groups is 1. The van der Waals surface area contributed by atoms with Gasteiger partial charge in [0.2, 0.25) is 21.9 Å². The monoisotopic (exact) mass is 635 g/mol. The van der Waals surface area contributed by atoms with Gasteiger partial charge in [-0.2, -0.15) is 4.31 Å². The molecule has 0 bridgehead atoms. The van der Waals surface area contributed by atoms with Gasteiger partial charge in [-0.1, -0.05) is 23.7 Å². The summed E-state index contributed by atoms with van der Waals surface area (Å²) in [5.41, 5.74) is 1.67. The van der Waals surface area contributed by atoms with Crippen LogP contribution in [-0.2, 0) is 26.1 Å². The van der Waals surface area contributed by atoms with E-state index in [1.807, 2.05) is 0 Å². The SMILES string of the molecule is C=NC(=NC1CCOCC1)N/C(=C(\C)Cl)c1ccc2c(c1)S(=O)(=O)N([C@H](C)C(=O)N[C@H](CO)c1cc(F)cc(OC)c1)C2. The maximum Gasteiger partial charge on any atom is 0.244 e. The van der Waals surface area contributed by atoms with Gasteiger partial charge in [0, 0.05) is 36.4 Å². The Morgan fingerprint density at radius 3 is 2.63 bits per heavy atom. The fraction of sp³-hybridized carbons (Fsp3) is 0.414. The van der Waals surface area contributed by atoms with E-state index in [-0.39, 0.29) is 34.8 Å². The second-order valence-electron chi connectivity index (χ2n) is 10.2. The van der Waals surface area contributed by atoms with Crippen LogP contribution in [0.15, 0.2) is 56.3 Å². The van der Waals surface area contributed by atoms with Crippen molar-refractivity contribution in [2.24, 2.45) is 9.98 Å². The van der Waals surface area contributed by atoms with E-state index < -0.39 is 40.4 Å². The van der Waals surface area contributed by atoms with Gasteiger partial charge in [-0.3, -0.25) is 4.79 Å². The number of amides is 1. The molecule has 1 saturated heterocycles. The number of hydrogen-bond acceptors (Lipinski definition) is 7. The molecule has 0 saturated carbocycles. The number of carbonyl (C=O) groups excluding carboxylic acids is 1. The third-order valence-electron chi connectivity index (χ3n) is 7.34. The zero-order valence-corrected chi connectivity index (χ0v) is 25.7. The topological polar surface area (TPSA) is 142 Å². The van der Waals surface area contributed by atoms with Crippen molar-refractivity contribution >= 4 is 45.9 Å². The van der Waals surface area contributed by atoms with Crippen LogP contribution in [0.5, 0.6) is 5.75 Å². The van der Waals surface area contributed by atoms with Gasteiger partial charge < -0.3 is 25.2 Å². The molecule has 0 radical (unpaired) electrons. The smallest absolute Gasteiger partial charge is 0.244 e. The third kappa shape index (κ3) is 7.42. The molecular weight excluding hydrogens is 601 g/mol. The molecule has 1 fully saturated rings. The highest BCUT2D eigenvalue weighted by Gasteiger charge is 2.41. The van der Waals surface area contributed by atoms with Gasteiger partial charge in [-0.15, -0.1) is 0 Å². The van der Waals surface area contributed by atoms with Gasteiger partial charge >= 0.3 is 0 Å². The summed E-state index contributed by atoms with van der Waals surface area (Å²) in [6, 6.07) is 6.58. The number of aliphatic hydroxyl groups is 1. The van der Waals surface area contributed by atoms with Crippen molar-refractivity contribution in [3.05, 3.63) is 63.9 Å². The highest BCUT2D eigenvalue weighted by atomic mass is 35.5. The lowest BCUT2D eigenvalue weighted by Gasteiger charge is -2.25. The number of halogens is 2. The average Bonchev–Trinajstić information content (AvgIpc) is 3.26. The van der Waals surface area contributed by atoms with Crippen molar-refractivity contribution in [2.45, 2.75) is 56.3 Å². The van der Waals surface area contributed by atoms with Crippen LogP contribution in [0.25, 0.3) is 5.70 Å². The number of sulfonamides is 1. The van der Waals surface area contributed by atoms with E-state index >= 15 is 0 Å². The first-order chi connectivity index (χ1) is 20.5. The van der Waals surface area contributed by atoms with Crippen molar-refractivity contribution in [2.75, 3.05) is 26.9 Å². The van der Waals surface area contributed by atoms with E-state index in [0.717, 1.165) is 23.2 Å². The number of aliphatic imine (C=N–C) groups is 2. The highest BCUT2D eigenvalue weighted by Crippen LogP contribution is 2.35. The molecular formula is C29H35ClFN5O6S. The first-order valence-electron chi connectivity index (χ1n) is 13.6. The first kappa shape index (κ1) is 32.6. The quantitative estimate of drug-likeness (QED) is 0.283. The molecule has 2 aliphatic rings. The molecule has 2 aromatic rings. The van der Waals surface area contributed by atoms with Crippen molar-refractivity contribution < 1.29 is 32.2 Å². The molecule has 2 aliphatic heterocycles. The number of nitrogens with one attached hydrogen (secondary N) is 2. The van der Waals surface area contributed by atoms with Gasteiger partial charge in [-0.05, 0) is 62.7 Å². The summed E-state index contributed by atoms with van der Waals surface area (Å²) < 4.78 is 52.9. The van der Waals surface area contributed by atoms with Gasteiger partial charge in [0.05, 0.1) is 36.4 Å². The van der Waals surface area contributed by atoms with Crippen LogP contribution >= 0.6 is 11.6 Å². The standard InChI is InChI=1S/C29H35ClFN5O6S/c1-17(30)27(35-29(32-3)33-23-7-9-42-10-8-23)19-5-6-20-15-36(43(39,40)26(20)13-19)18(2)28(38)34-25(16-37)21-11-22(31)14-24(12-21)41-4/h5-6,11-14,18,23,25,37H,3,7-10,15-16H2,1-2,4H3,(H,33,35)(H,34,38)/b27-17+/t18-,25-/m1/s1. The number of fused-ring (bicyclic) bond motifs is 1. The Labute approximate surface area is 255 Å². The summed E-state index contributed by atoms with van der Waals surface area (Å²) in [4.78, 5) is 21.8. The first-order valence-corrected chi connectivity index (χ1v) is 15.5. The van der Waals surface area contributed by atoms with Crippen molar-refractivity contribution in [1.82, 2.24) is 14.9 Å². The number of methoxy groups -OCH3 is 1. The fourth-order valence-corrected chi connectivity index (χ4v) is 6.90. The lowest BCUT2D eigenvalue weighted by molar-refractivity contribution is -0.125. The van der Waals surface area contributed by atoms with Crippen LogP contribution in [0, 0.1) is 5.82 Å². The van der Waals surface area contributed by atoms with Crippen LogP contribution in [0.2, 0.25) is 0 Å². The van der Waals surface area contributed by atoms with Crippen molar-refractivity contribution in [3.8, 4) is 5.75 Å². The Morgan fingerprint density at radius 2 is 2.00 bits per heavy atom. The van der Waals surface area contributed by atoms with E-state index in [2.05, 4.69) is 27.3 Å². The van der Waals surface area contributed by atoms with Gasteiger partial charge in [-0.25, -0.2) is 22.8 Å². The van der Waals surface area contributed by atoms with Crippen LogP contribution in [0.4, 0.5) is 4.39 Å². The zero-order chi connectivity index (χ0) is 31.3. The molecule has 4 rings (SSSR count). The fourth-order valence-electron chi connectivity index (χ4n) is 4.93. The Hall–Kier alpha value is -3.36. The highest BCUT2D eigenvalue weighted by molar-refractivity contribution is 7.89. The number of carbonyl (C=O) groups is 1. The maximum atomic E-state index is 14.0. The summed E-state index contributed by atoms with van der Waals surface area (Å²) >= 11 is 6.42. The summed E-state index contributed by atoms with van der Waals surface area (Å²) in [6.07, 6.45) is 1.49. The molecule has 0 spiro atoms. The summed E-state index contributed by atoms with van der Waals surface area (Å²) in [6.45, 7) is 7.33. The van der Waals surface area contributed by atoms with E-state index in [0.29, 0.717) is 35.1 Å². The number of nitrogens with zero attached hydrogens (tertiary/aromatic N) is 3. The molecule has 2 heterocycles. The van der Waals surface area contributed by atoms with E-state index in [1.54, 1.807) is 19.1 Å². The number of ether oxygens (including phenoxy) is 2. The molecule has 2 aromatic carbocycles. The molecule has 0 aromatic heterocycles. The minimum Gasteiger partial charge on any atom is -0.497 e. The maximum absolute atomic E-state index is 14.0. The molecule has 232 valence electrons. The lowest BCUT2D eigenvalue weighted by atomic mass is 10.1. The van der Waals surface area contributed by atoms with Gasteiger partial charge in [0.25, 0.3) is 0 Å². The Bertz CT molecular complexity index is 1540. The number of rotatable bonds is 9. The molecule has 0 unspecified atom stereocenters. The summed E-state index contributed by atoms with van der Waals surface area (Å²) in [5, 5.41) is 16.0. The summed E-state index contributed by atoms with van der Waals surface area (Å²) in [7, 11) is -2.73. The normalized spacial score (nSPS) is 19.2.